The molecule has 2 aliphatic rings. The van der Waals surface area contributed by atoms with Crippen LogP contribution < -0.4 is 9.47 Å². The molecule has 0 aliphatic carbocycles. The van der Waals surface area contributed by atoms with Gasteiger partial charge in [0.1, 0.15) is 11.5 Å². The van der Waals surface area contributed by atoms with Crippen molar-refractivity contribution in [1.29, 1.82) is 0 Å². The maximum absolute atomic E-state index is 6.45. The fourth-order valence-electron chi connectivity index (χ4n) is 4.08. The molecule has 6 heteroatoms. The molecule has 0 amide bonds. The number of aryl methyl sites for hydroxylation is 1. The molecule has 3 aromatic rings. The van der Waals surface area contributed by atoms with Crippen LogP contribution >= 0.6 is 27.5 Å². The van der Waals surface area contributed by atoms with Gasteiger partial charge in [-0.25, -0.2) is 5.01 Å². The van der Waals surface area contributed by atoms with Crippen LogP contribution in [0, 0.1) is 6.92 Å². The Morgan fingerprint density at radius 3 is 2.63 bits per heavy atom. The molecule has 2 heterocycles. The van der Waals surface area contributed by atoms with Crippen LogP contribution in [0.3, 0.4) is 0 Å². The molecule has 0 aromatic heterocycles. The Balaban J connectivity index is 1.64. The van der Waals surface area contributed by atoms with Crippen molar-refractivity contribution in [2.75, 3.05) is 7.11 Å². The lowest BCUT2D eigenvalue weighted by atomic mass is 9.95. The van der Waals surface area contributed by atoms with Crippen LogP contribution in [0.15, 0.2) is 70.2 Å². The van der Waals surface area contributed by atoms with Gasteiger partial charge in [0.25, 0.3) is 0 Å². The van der Waals surface area contributed by atoms with Crippen molar-refractivity contribution >= 4 is 33.2 Å². The molecular weight excluding hydrogens is 464 g/mol. The quantitative estimate of drug-likeness (QED) is 0.417. The van der Waals surface area contributed by atoms with E-state index in [1.807, 2.05) is 41.4 Å². The molecule has 0 N–H and O–H groups in total. The number of ether oxygens (including phenoxy) is 2. The van der Waals surface area contributed by atoms with E-state index in [0.29, 0.717) is 5.02 Å². The molecule has 2 aliphatic heterocycles. The van der Waals surface area contributed by atoms with Crippen molar-refractivity contribution in [3.05, 3.63) is 92.4 Å². The molecule has 0 unspecified atom stereocenters. The molecule has 0 saturated carbocycles. The van der Waals surface area contributed by atoms with Crippen LogP contribution in [0.4, 0.5) is 0 Å². The average molecular weight is 484 g/mol. The molecule has 0 radical (unpaired) electrons. The van der Waals surface area contributed by atoms with Crippen LogP contribution in [-0.2, 0) is 0 Å². The first kappa shape index (κ1) is 19.5. The maximum atomic E-state index is 6.45. The van der Waals surface area contributed by atoms with E-state index in [9.17, 15) is 0 Å². The third-order valence-corrected chi connectivity index (χ3v) is 6.32. The van der Waals surface area contributed by atoms with Gasteiger partial charge in [0.05, 0.1) is 24.4 Å². The number of benzene rings is 3. The highest BCUT2D eigenvalue weighted by Crippen LogP contribution is 2.49. The van der Waals surface area contributed by atoms with Gasteiger partial charge >= 0.3 is 0 Å². The maximum Gasteiger partial charge on any atom is 0.217 e. The normalized spacial score (nSPS) is 19.6. The number of methoxy groups -OCH3 is 1. The minimum Gasteiger partial charge on any atom is -0.496 e. The van der Waals surface area contributed by atoms with Crippen molar-refractivity contribution in [2.24, 2.45) is 5.10 Å². The summed E-state index contributed by atoms with van der Waals surface area (Å²) in [5, 5.41) is 7.75. The first-order valence-corrected chi connectivity index (χ1v) is 10.9. The summed E-state index contributed by atoms with van der Waals surface area (Å²) in [6, 6.07) is 20.2. The van der Waals surface area contributed by atoms with Gasteiger partial charge < -0.3 is 9.47 Å². The number of halogens is 2. The largest absolute Gasteiger partial charge is 0.496 e. The second kappa shape index (κ2) is 7.64. The Hall–Kier alpha value is -2.50. The second-order valence-electron chi connectivity index (χ2n) is 7.55. The molecule has 0 fully saturated rings. The summed E-state index contributed by atoms with van der Waals surface area (Å²) >= 11 is 9.90. The standard InChI is InChI=1S/C24H20BrClN2O2/c1-14-3-5-15(6-4-14)20-13-21-18-12-17(26)8-10-23(18)30-24(28(21)27-20)19-11-16(25)7-9-22(19)29-2/h3-12,21,24H,13H2,1-2H3/t21-,24-/m1/s1. The lowest BCUT2D eigenvalue weighted by Gasteiger charge is -2.38. The SMILES string of the molecule is COc1ccc(Br)cc1[C@H]1Oc2ccc(Cl)cc2[C@H]2CC(c3ccc(C)cc3)=NN21. The summed E-state index contributed by atoms with van der Waals surface area (Å²) in [7, 11) is 1.67. The van der Waals surface area contributed by atoms with Crippen molar-refractivity contribution < 1.29 is 9.47 Å². The third kappa shape index (κ3) is 3.36. The van der Waals surface area contributed by atoms with Crippen molar-refractivity contribution in [1.82, 2.24) is 5.01 Å². The number of rotatable bonds is 3. The number of fused-ring (bicyclic) bond motifs is 3. The van der Waals surface area contributed by atoms with Crippen LogP contribution in [-0.4, -0.2) is 17.8 Å². The molecule has 5 rings (SSSR count). The summed E-state index contributed by atoms with van der Waals surface area (Å²) in [5.41, 5.74) is 5.37. The zero-order valence-corrected chi connectivity index (χ0v) is 18.9. The van der Waals surface area contributed by atoms with E-state index in [1.54, 1.807) is 7.11 Å². The number of hydrazone groups is 1. The Morgan fingerprint density at radius 1 is 1.07 bits per heavy atom. The predicted molar refractivity (Wildman–Crippen MR) is 122 cm³/mol. The number of hydrogen-bond acceptors (Lipinski definition) is 4. The van der Waals surface area contributed by atoms with Gasteiger partial charge in [-0.15, -0.1) is 0 Å². The molecular formula is C24H20BrClN2O2. The molecule has 4 nitrogen and oxygen atoms in total. The van der Waals surface area contributed by atoms with Crippen LogP contribution in [0.25, 0.3) is 0 Å². The Labute approximate surface area is 189 Å². The zero-order chi connectivity index (χ0) is 20.8. The highest BCUT2D eigenvalue weighted by Gasteiger charge is 2.42. The smallest absolute Gasteiger partial charge is 0.217 e. The Morgan fingerprint density at radius 2 is 1.87 bits per heavy atom. The van der Waals surface area contributed by atoms with Gasteiger partial charge in [-0.2, -0.15) is 5.10 Å². The van der Waals surface area contributed by atoms with Gasteiger partial charge in [0, 0.05) is 21.5 Å². The van der Waals surface area contributed by atoms with Gasteiger partial charge in [-0.3, -0.25) is 0 Å². The average Bonchev–Trinajstić information content (AvgIpc) is 3.19. The van der Waals surface area contributed by atoms with Crippen LogP contribution in [0.5, 0.6) is 11.5 Å². The second-order valence-corrected chi connectivity index (χ2v) is 8.90. The highest BCUT2D eigenvalue weighted by molar-refractivity contribution is 9.10. The van der Waals surface area contributed by atoms with E-state index >= 15 is 0 Å². The lowest BCUT2D eigenvalue weighted by molar-refractivity contribution is -0.0203. The van der Waals surface area contributed by atoms with Crippen LogP contribution in [0.1, 0.15) is 40.9 Å². The summed E-state index contributed by atoms with van der Waals surface area (Å²) in [5.74, 6) is 1.59. The molecule has 2 atom stereocenters. The van der Waals surface area contributed by atoms with Crippen molar-refractivity contribution in [3.63, 3.8) is 0 Å². The van der Waals surface area contributed by atoms with E-state index in [-0.39, 0.29) is 6.04 Å². The predicted octanol–water partition coefficient (Wildman–Crippen LogP) is 6.66. The van der Waals surface area contributed by atoms with Gasteiger partial charge in [-0.1, -0.05) is 57.4 Å². The molecule has 0 bridgehead atoms. The topological polar surface area (TPSA) is 34.1 Å². The van der Waals surface area contributed by atoms with E-state index in [4.69, 9.17) is 26.2 Å². The van der Waals surface area contributed by atoms with E-state index in [2.05, 4.69) is 47.1 Å². The Kier molecular flexibility index (Phi) is 4.95. The lowest BCUT2D eigenvalue weighted by Crippen LogP contribution is -2.34. The van der Waals surface area contributed by atoms with Gasteiger partial charge in [0.2, 0.25) is 6.23 Å². The summed E-state index contributed by atoms with van der Waals surface area (Å²) in [6.07, 6.45) is 0.381. The van der Waals surface area contributed by atoms with E-state index in [0.717, 1.165) is 44.8 Å². The number of hydrogen-bond donors (Lipinski definition) is 0. The van der Waals surface area contributed by atoms with E-state index < -0.39 is 6.23 Å². The highest BCUT2D eigenvalue weighted by atomic mass is 79.9. The van der Waals surface area contributed by atoms with Crippen LogP contribution in [0.2, 0.25) is 5.02 Å². The molecule has 0 saturated heterocycles. The van der Waals surface area contributed by atoms with E-state index in [1.165, 1.54) is 5.56 Å². The Bertz CT molecular complexity index is 1150. The zero-order valence-electron chi connectivity index (χ0n) is 16.6. The first-order chi connectivity index (χ1) is 14.5. The summed E-state index contributed by atoms with van der Waals surface area (Å²) < 4.78 is 13.0. The minimum atomic E-state index is -0.404. The summed E-state index contributed by atoms with van der Waals surface area (Å²) in [4.78, 5) is 0. The fraction of sp³-hybridized carbons (Fsp3) is 0.208. The monoisotopic (exact) mass is 482 g/mol. The third-order valence-electron chi connectivity index (χ3n) is 5.59. The minimum absolute atomic E-state index is 0.0393. The summed E-state index contributed by atoms with van der Waals surface area (Å²) in [6.45, 7) is 2.09. The van der Waals surface area contributed by atoms with Gasteiger partial charge in [-0.05, 0) is 48.9 Å². The van der Waals surface area contributed by atoms with Crippen molar-refractivity contribution in [3.8, 4) is 11.5 Å². The molecule has 30 heavy (non-hydrogen) atoms. The number of nitrogens with zero attached hydrogens (tertiary/aromatic N) is 2. The molecule has 0 spiro atoms. The molecule has 152 valence electrons. The first-order valence-electron chi connectivity index (χ1n) is 9.76. The van der Waals surface area contributed by atoms with Crippen molar-refractivity contribution in [2.45, 2.75) is 25.6 Å². The molecule has 3 aromatic carbocycles. The fourth-order valence-corrected chi connectivity index (χ4v) is 4.64. The van der Waals surface area contributed by atoms with Gasteiger partial charge in [0.15, 0.2) is 0 Å².